The van der Waals surface area contributed by atoms with Crippen LogP contribution in [0.2, 0.25) is 0 Å². The van der Waals surface area contributed by atoms with Gasteiger partial charge in [-0.25, -0.2) is 5.43 Å². The number of allylic oxidation sites excluding steroid dienone is 2. The number of hydrogen-bond donors (Lipinski definition) is 1. The van der Waals surface area contributed by atoms with Crippen molar-refractivity contribution in [3.63, 3.8) is 0 Å². The molecule has 0 radical (unpaired) electrons. The van der Waals surface area contributed by atoms with Crippen LogP contribution in [0.4, 0.5) is 5.69 Å². The number of rotatable bonds is 5. The van der Waals surface area contributed by atoms with Crippen molar-refractivity contribution >= 4 is 17.3 Å². The van der Waals surface area contributed by atoms with E-state index >= 15 is 0 Å². The lowest BCUT2D eigenvalue weighted by molar-refractivity contribution is 0.0954. The van der Waals surface area contributed by atoms with Gasteiger partial charge in [0.1, 0.15) is 0 Å². The molecule has 1 saturated carbocycles. The monoisotopic (exact) mass is 297 g/mol. The third kappa shape index (κ3) is 2.78. The van der Waals surface area contributed by atoms with Crippen LogP contribution in [0, 0.1) is 11.8 Å². The fourth-order valence-corrected chi connectivity index (χ4v) is 3.26. The van der Waals surface area contributed by atoms with Crippen LogP contribution < -0.4 is 10.3 Å². The number of fused-ring (bicyclic) bond motifs is 1. The molecular formula is C18H23N3O. The molecular weight excluding hydrogens is 274 g/mol. The van der Waals surface area contributed by atoms with Crippen molar-refractivity contribution in [1.82, 2.24) is 5.43 Å². The number of hydrazone groups is 1. The molecule has 0 aromatic heterocycles. The second kappa shape index (κ2) is 6.34. The van der Waals surface area contributed by atoms with Crippen LogP contribution >= 0.6 is 0 Å². The Kier molecular flexibility index (Phi) is 4.27. The molecule has 4 heteroatoms. The summed E-state index contributed by atoms with van der Waals surface area (Å²) in [7, 11) is 0. The minimum atomic E-state index is -0.135. The highest BCUT2D eigenvalue weighted by Gasteiger charge is 2.37. The Morgan fingerprint density at radius 3 is 2.64 bits per heavy atom. The van der Waals surface area contributed by atoms with Gasteiger partial charge in [0, 0.05) is 36.0 Å². The summed E-state index contributed by atoms with van der Waals surface area (Å²) in [6, 6.07) is 7.72. The molecule has 0 heterocycles. The van der Waals surface area contributed by atoms with Crippen molar-refractivity contribution in [3.8, 4) is 0 Å². The van der Waals surface area contributed by atoms with Gasteiger partial charge in [0.25, 0.3) is 5.91 Å². The highest BCUT2D eigenvalue weighted by molar-refractivity contribution is 5.98. The molecule has 0 spiro atoms. The Labute approximate surface area is 131 Å². The number of carbonyl (C=O) groups excluding carboxylic acids is 1. The molecule has 1 N–H and O–H groups in total. The topological polar surface area (TPSA) is 44.7 Å². The Hall–Kier alpha value is -2.10. The quantitative estimate of drug-likeness (QED) is 0.670. The van der Waals surface area contributed by atoms with E-state index in [1.165, 1.54) is 0 Å². The van der Waals surface area contributed by atoms with Crippen molar-refractivity contribution in [1.29, 1.82) is 0 Å². The van der Waals surface area contributed by atoms with Gasteiger partial charge in [-0.2, -0.15) is 5.10 Å². The predicted molar refractivity (Wildman–Crippen MR) is 90.3 cm³/mol. The fourth-order valence-electron chi connectivity index (χ4n) is 3.26. The van der Waals surface area contributed by atoms with E-state index in [9.17, 15) is 4.79 Å². The first-order chi connectivity index (χ1) is 10.7. The second-order valence-corrected chi connectivity index (χ2v) is 5.92. The Morgan fingerprint density at radius 1 is 1.27 bits per heavy atom. The molecule has 2 unspecified atom stereocenters. The van der Waals surface area contributed by atoms with Gasteiger partial charge in [-0.05, 0) is 56.9 Å². The number of hydrogen-bond acceptors (Lipinski definition) is 3. The lowest BCUT2D eigenvalue weighted by atomic mass is 9.74. The third-order valence-electron chi connectivity index (χ3n) is 4.71. The maximum absolute atomic E-state index is 12.2. The average molecular weight is 297 g/mol. The van der Waals surface area contributed by atoms with E-state index in [1.807, 2.05) is 24.3 Å². The normalized spacial score (nSPS) is 24.0. The van der Waals surface area contributed by atoms with Crippen LogP contribution in [0.25, 0.3) is 0 Å². The smallest absolute Gasteiger partial charge is 0.271 e. The summed E-state index contributed by atoms with van der Waals surface area (Å²) in [4.78, 5) is 14.4. The fraction of sp³-hybridized carbons (Fsp3) is 0.444. The molecule has 2 aliphatic carbocycles. The van der Waals surface area contributed by atoms with Crippen LogP contribution in [0.3, 0.4) is 0 Å². The molecule has 1 aromatic carbocycles. The molecule has 1 amide bonds. The number of nitrogens with one attached hydrogen (secondary N) is 1. The van der Waals surface area contributed by atoms with Gasteiger partial charge >= 0.3 is 0 Å². The minimum Gasteiger partial charge on any atom is -0.372 e. The van der Waals surface area contributed by atoms with Gasteiger partial charge in [-0.1, -0.05) is 12.2 Å². The molecule has 2 aliphatic rings. The lowest BCUT2D eigenvalue weighted by Gasteiger charge is -2.31. The highest BCUT2D eigenvalue weighted by atomic mass is 16.2. The Bertz CT molecular complexity index is 599. The molecule has 0 saturated heterocycles. The zero-order valence-corrected chi connectivity index (χ0v) is 13.2. The van der Waals surface area contributed by atoms with E-state index < -0.39 is 0 Å². The van der Waals surface area contributed by atoms with Crippen LogP contribution in [0.5, 0.6) is 0 Å². The van der Waals surface area contributed by atoms with E-state index in [4.69, 9.17) is 0 Å². The van der Waals surface area contributed by atoms with Crippen LogP contribution in [0.15, 0.2) is 41.5 Å². The largest absolute Gasteiger partial charge is 0.372 e. The number of benzene rings is 1. The summed E-state index contributed by atoms with van der Waals surface area (Å²) in [6.07, 6.45) is 6.59. The van der Waals surface area contributed by atoms with Crippen LogP contribution in [0.1, 0.15) is 37.0 Å². The molecule has 2 atom stereocenters. The number of anilines is 1. The van der Waals surface area contributed by atoms with Crippen LogP contribution in [-0.2, 0) is 0 Å². The zero-order valence-electron chi connectivity index (χ0n) is 13.2. The van der Waals surface area contributed by atoms with Crippen molar-refractivity contribution < 1.29 is 4.79 Å². The maximum Gasteiger partial charge on any atom is 0.271 e. The first-order valence-corrected chi connectivity index (χ1v) is 8.11. The standard InChI is InChI=1S/C18H23N3O/c1-3-21(4-2)15-10-8-13(9-11-15)18(22)20-19-17-12-14-6-5-7-16(14)17/h5,7-11,14,16H,3-4,6,12H2,1-2H3,(H,20,22)/b19-17+. The predicted octanol–water partition coefficient (Wildman–Crippen LogP) is 3.21. The average Bonchev–Trinajstić information content (AvgIpc) is 2.90. The number of nitrogens with zero attached hydrogens (tertiary/aromatic N) is 2. The first-order valence-electron chi connectivity index (χ1n) is 8.11. The van der Waals surface area contributed by atoms with Crippen molar-refractivity contribution in [3.05, 3.63) is 42.0 Å². The van der Waals surface area contributed by atoms with E-state index in [0.717, 1.165) is 43.2 Å². The van der Waals surface area contributed by atoms with Gasteiger partial charge < -0.3 is 4.90 Å². The Morgan fingerprint density at radius 2 is 2.00 bits per heavy atom. The number of carbonyl (C=O) groups is 1. The van der Waals surface area contributed by atoms with E-state index in [-0.39, 0.29) is 5.91 Å². The van der Waals surface area contributed by atoms with Gasteiger partial charge in [0.2, 0.25) is 0 Å². The molecule has 1 fully saturated rings. The summed E-state index contributed by atoms with van der Waals surface area (Å²) in [5.41, 5.74) is 5.59. The number of amides is 1. The molecule has 116 valence electrons. The minimum absolute atomic E-state index is 0.135. The van der Waals surface area contributed by atoms with Gasteiger partial charge in [0.15, 0.2) is 0 Å². The van der Waals surface area contributed by atoms with Gasteiger partial charge in [-0.15, -0.1) is 0 Å². The van der Waals surface area contributed by atoms with Crippen molar-refractivity contribution in [2.24, 2.45) is 16.9 Å². The SMILES string of the molecule is CCN(CC)c1ccc(C(=O)N/N=C2\CC3CC=CC23)cc1. The molecule has 4 nitrogen and oxygen atoms in total. The van der Waals surface area contributed by atoms with Crippen LogP contribution in [-0.4, -0.2) is 24.7 Å². The summed E-state index contributed by atoms with van der Waals surface area (Å²) in [5.74, 6) is 1.05. The third-order valence-corrected chi connectivity index (χ3v) is 4.71. The van der Waals surface area contributed by atoms with Crippen molar-refractivity contribution in [2.45, 2.75) is 26.7 Å². The zero-order chi connectivity index (χ0) is 15.5. The Balaban J connectivity index is 1.61. The van der Waals surface area contributed by atoms with E-state index in [1.54, 1.807) is 0 Å². The molecule has 0 aliphatic heterocycles. The summed E-state index contributed by atoms with van der Waals surface area (Å²) >= 11 is 0. The first kappa shape index (κ1) is 14.8. The van der Waals surface area contributed by atoms with E-state index in [2.05, 4.69) is 41.4 Å². The summed E-state index contributed by atoms with van der Waals surface area (Å²) < 4.78 is 0. The highest BCUT2D eigenvalue weighted by Crippen LogP contribution is 2.40. The van der Waals surface area contributed by atoms with Crippen molar-refractivity contribution in [2.75, 3.05) is 18.0 Å². The second-order valence-electron chi connectivity index (χ2n) is 5.92. The van der Waals surface area contributed by atoms with Gasteiger partial charge in [-0.3, -0.25) is 4.79 Å². The molecule has 0 bridgehead atoms. The molecule has 1 aromatic rings. The molecule has 22 heavy (non-hydrogen) atoms. The molecule has 3 rings (SSSR count). The lowest BCUT2D eigenvalue weighted by Crippen LogP contribution is -2.35. The summed E-state index contributed by atoms with van der Waals surface area (Å²) in [5, 5.41) is 4.29. The van der Waals surface area contributed by atoms with Gasteiger partial charge in [0.05, 0.1) is 0 Å². The maximum atomic E-state index is 12.2. The van der Waals surface area contributed by atoms with E-state index in [0.29, 0.717) is 11.5 Å². The summed E-state index contributed by atoms with van der Waals surface area (Å²) in [6.45, 7) is 6.19.